The molecule has 4 aromatic rings. The molecule has 2 N–H and O–H groups in total. The number of anilines is 2. The highest BCUT2D eigenvalue weighted by molar-refractivity contribution is 7.92. The molecule has 0 atom stereocenters. The smallest absolute Gasteiger partial charge is 0.322 e. The number of rotatable bonds is 6. The number of amides is 1. The van der Waals surface area contributed by atoms with Gasteiger partial charge in [-0.3, -0.25) is 14.8 Å². The second kappa shape index (κ2) is 9.30. The van der Waals surface area contributed by atoms with Crippen LogP contribution >= 0.6 is 0 Å². The molecule has 0 radical (unpaired) electrons. The molecule has 0 bridgehead atoms. The van der Waals surface area contributed by atoms with Crippen LogP contribution in [-0.2, 0) is 22.9 Å². The molecule has 1 aliphatic carbocycles. The van der Waals surface area contributed by atoms with Crippen LogP contribution in [0.25, 0.3) is 11.5 Å². The maximum Gasteiger partial charge on any atom is 0.322 e. The molecule has 35 heavy (non-hydrogen) atoms. The van der Waals surface area contributed by atoms with Gasteiger partial charge in [-0.1, -0.05) is 23.3 Å². The lowest BCUT2D eigenvalue weighted by Crippen LogP contribution is -2.18. The third kappa shape index (κ3) is 4.92. The third-order valence-corrected chi connectivity index (χ3v) is 7.16. The van der Waals surface area contributed by atoms with Gasteiger partial charge in [0.25, 0.3) is 15.9 Å². The third-order valence-electron chi connectivity index (χ3n) is 5.78. The Hall–Kier alpha value is -4.05. The zero-order valence-electron chi connectivity index (χ0n) is 18.5. The first-order chi connectivity index (χ1) is 16.9. The average molecular weight is 493 g/mol. The fourth-order valence-electron chi connectivity index (χ4n) is 4.01. The summed E-state index contributed by atoms with van der Waals surface area (Å²) in [4.78, 5) is 12.8. The van der Waals surface area contributed by atoms with E-state index in [1.807, 2.05) is 12.1 Å². The monoisotopic (exact) mass is 492 g/mol. The lowest BCUT2D eigenvalue weighted by Gasteiger charge is -2.15. The molecule has 1 amide bonds. The summed E-state index contributed by atoms with van der Waals surface area (Å²) in [6.07, 6.45) is 4.40. The molecular weight excluding hydrogens is 471 g/mol. The van der Waals surface area contributed by atoms with Crippen LogP contribution in [0.1, 0.15) is 34.3 Å². The van der Waals surface area contributed by atoms with Crippen LogP contribution in [0.3, 0.4) is 0 Å². The summed E-state index contributed by atoms with van der Waals surface area (Å²) in [5, 5.41) is 10.5. The SMILES string of the molecule is O=C(Nc1nnc(-c2ccc3c(c2)CCCC3)o1)c1ccccc1NS(=O)(=O)c1ccc(F)cc1. The van der Waals surface area contributed by atoms with Crippen LogP contribution < -0.4 is 10.0 Å². The Kier molecular flexibility index (Phi) is 6.04. The molecule has 0 unspecified atom stereocenters. The number of carbonyl (C=O) groups excluding carboxylic acids is 1. The number of hydrogen-bond donors (Lipinski definition) is 2. The van der Waals surface area contributed by atoms with Crippen molar-refractivity contribution in [3.63, 3.8) is 0 Å². The van der Waals surface area contributed by atoms with Crippen molar-refractivity contribution in [3.8, 4) is 11.5 Å². The van der Waals surface area contributed by atoms with Crippen molar-refractivity contribution >= 4 is 27.6 Å². The first kappa shape index (κ1) is 22.7. The molecular formula is C25H21FN4O4S. The van der Waals surface area contributed by atoms with E-state index in [0.29, 0.717) is 0 Å². The molecule has 178 valence electrons. The number of aryl methyl sites for hydroxylation is 2. The maximum absolute atomic E-state index is 13.2. The van der Waals surface area contributed by atoms with E-state index < -0.39 is 21.7 Å². The standard InChI is InChI=1S/C25H21FN4O4S/c26-19-11-13-20(14-12-19)35(32,33)30-22-8-4-3-7-21(22)23(31)27-25-29-28-24(34-25)18-10-9-16-5-1-2-6-17(16)15-18/h3-4,7-15,30H,1-2,5-6H2,(H,27,29,31). The van der Waals surface area contributed by atoms with Gasteiger partial charge in [0.15, 0.2) is 0 Å². The van der Waals surface area contributed by atoms with Crippen molar-refractivity contribution in [2.75, 3.05) is 10.0 Å². The minimum absolute atomic E-state index is 0.0451. The molecule has 5 rings (SSSR count). The molecule has 0 fully saturated rings. The van der Waals surface area contributed by atoms with Crippen LogP contribution in [-0.4, -0.2) is 24.5 Å². The van der Waals surface area contributed by atoms with Gasteiger partial charge in [0.2, 0.25) is 5.89 Å². The summed E-state index contributed by atoms with van der Waals surface area (Å²) in [6, 6.07) is 16.4. The topological polar surface area (TPSA) is 114 Å². The van der Waals surface area contributed by atoms with E-state index in [9.17, 15) is 17.6 Å². The number of fused-ring (bicyclic) bond motifs is 1. The lowest BCUT2D eigenvalue weighted by atomic mass is 9.90. The van der Waals surface area contributed by atoms with Crippen LogP contribution in [0, 0.1) is 5.82 Å². The Morgan fingerprint density at radius 2 is 1.66 bits per heavy atom. The fraction of sp³-hybridized carbons (Fsp3) is 0.160. The molecule has 3 aromatic carbocycles. The van der Waals surface area contributed by atoms with Gasteiger partial charge < -0.3 is 4.42 Å². The van der Waals surface area contributed by atoms with E-state index in [1.165, 1.54) is 29.7 Å². The Bertz CT molecular complexity index is 1500. The normalized spacial score (nSPS) is 13.2. The molecule has 1 aromatic heterocycles. The van der Waals surface area contributed by atoms with Gasteiger partial charge in [-0.2, -0.15) is 0 Å². The molecule has 1 heterocycles. The number of aromatic nitrogens is 2. The van der Waals surface area contributed by atoms with Gasteiger partial charge in [0.1, 0.15) is 5.82 Å². The molecule has 8 nitrogen and oxygen atoms in total. The van der Waals surface area contributed by atoms with Gasteiger partial charge in [-0.15, -0.1) is 5.10 Å². The number of nitrogens with zero attached hydrogens (tertiary/aromatic N) is 2. The quantitative estimate of drug-likeness (QED) is 0.399. The number of nitrogens with one attached hydrogen (secondary N) is 2. The van der Waals surface area contributed by atoms with E-state index in [0.717, 1.165) is 49.1 Å². The number of carbonyl (C=O) groups is 1. The molecule has 0 saturated heterocycles. The van der Waals surface area contributed by atoms with Gasteiger partial charge in [0.05, 0.1) is 16.1 Å². The van der Waals surface area contributed by atoms with Crippen LogP contribution in [0.2, 0.25) is 0 Å². The second-order valence-corrected chi connectivity index (χ2v) is 9.84. The molecule has 1 aliphatic rings. The van der Waals surface area contributed by atoms with Gasteiger partial charge in [0, 0.05) is 5.56 Å². The number of benzene rings is 3. The van der Waals surface area contributed by atoms with Gasteiger partial charge >= 0.3 is 6.01 Å². The van der Waals surface area contributed by atoms with E-state index >= 15 is 0 Å². The van der Waals surface area contributed by atoms with Crippen molar-refractivity contribution in [1.82, 2.24) is 10.2 Å². The minimum atomic E-state index is -4.05. The van der Waals surface area contributed by atoms with E-state index in [4.69, 9.17) is 4.42 Å². The highest BCUT2D eigenvalue weighted by atomic mass is 32.2. The van der Waals surface area contributed by atoms with Crippen molar-refractivity contribution in [2.24, 2.45) is 0 Å². The summed E-state index contributed by atoms with van der Waals surface area (Å²) in [7, 11) is -4.05. The van der Waals surface area contributed by atoms with E-state index in [1.54, 1.807) is 12.1 Å². The number of sulfonamides is 1. The zero-order valence-corrected chi connectivity index (χ0v) is 19.3. The summed E-state index contributed by atoms with van der Waals surface area (Å²) < 4.78 is 46.6. The Morgan fingerprint density at radius 1 is 0.914 bits per heavy atom. The van der Waals surface area contributed by atoms with Gasteiger partial charge in [-0.05, 0) is 85.3 Å². The zero-order chi connectivity index (χ0) is 24.4. The average Bonchev–Trinajstić information content (AvgIpc) is 3.32. The highest BCUT2D eigenvalue weighted by Crippen LogP contribution is 2.28. The number of hydrogen-bond acceptors (Lipinski definition) is 6. The summed E-state index contributed by atoms with van der Waals surface area (Å²) in [6.45, 7) is 0. The molecule has 0 aliphatic heterocycles. The Balaban J connectivity index is 1.34. The summed E-state index contributed by atoms with van der Waals surface area (Å²) in [5.41, 5.74) is 3.45. The second-order valence-electron chi connectivity index (χ2n) is 8.16. The van der Waals surface area contributed by atoms with Crippen LogP contribution in [0.4, 0.5) is 16.1 Å². The van der Waals surface area contributed by atoms with Crippen LogP contribution in [0.5, 0.6) is 0 Å². The first-order valence-corrected chi connectivity index (χ1v) is 12.5. The maximum atomic E-state index is 13.2. The van der Waals surface area contributed by atoms with E-state index in [2.05, 4.69) is 26.3 Å². The summed E-state index contributed by atoms with van der Waals surface area (Å²) >= 11 is 0. The van der Waals surface area contributed by atoms with E-state index in [-0.39, 0.29) is 28.1 Å². The van der Waals surface area contributed by atoms with Crippen molar-refractivity contribution in [2.45, 2.75) is 30.6 Å². The number of para-hydroxylation sites is 1. The predicted molar refractivity (Wildman–Crippen MR) is 128 cm³/mol. The molecule has 10 heteroatoms. The first-order valence-electron chi connectivity index (χ1n) is 11.0. The number of halogens is 1. The van der Waals surface area contributed by atoms with Crippen LogP contribution in [0.15, 0.2) is 76.0 Å². The van der Waals surface area contributed by atoms with Gasteiger partial charge in [-0.25, -0.2) is 12.8 Å². The Labute approximate surface area is 201 Å². The Morgan fingerprint density at radius 3 is 2.46 bits per heavy atom. The van der Waals surface area contributed by atoms with Crippen molar-refractivity contribution in [3.05, 3.63) is 89.2 Å². The minimum Gasteiger partial charge on any atom is -0.403 e. The molecule has 0 spiro atoms. The van der Waals surface area contributed by atoms with Crippen molar-refractivity contribution < 1.29 is 22.0 Å². The fourth-order valence-corrected chi connectivity index (χ4v) is 5.09. The largest absolute Gasteiger partial charge is 0.403 e. The lowest BCUT2D eigenvalue weighted by molar-refractivity contribution is 0.102. The van der Waals surface area contributed by atoms with Crippen molar-refractivity contribution in [1.29, 1.82) is 0 Å². The highest BCUT2D eigenvalue weighted by Gasteiger charge is 2.21. The predicted octanol–water partition coefficient (Wildman–Crippen LogP) is 4.81. The molecule has 0 saturated carbocycles. The summed E-state index contributed by atoms with van der Waals surface area (Å²) in [5.74, 6) is -0.917.